The lowest BCUT2D eigenvalue weighted by Crippen LogP contribution is -2.22. The average Bonchev–Trinajstić information content (AvgIpc) is 2.36. The number of amidine groups is 1. The van der Waals surface area contributed by atoms with E-state index in [1.54, 1.807) is 19.2 Å². The lowest BCUT2D eigenvalue weighted by atomic mass is 10.1. The van der Waals surface area contributed by atoms with E-state index < -0.39 is 0 Å². The lowest BCUT2D eigenvalue weighted by molar-refractivity contribution is 0.318. The maximum Gasteiger partial charge on any atom is 0.172 e. The van der Waals surface area contributed by atoms with Gasteiger partial charge in [-0.05, 0) is 19.1 Å². The Balaban J connectivity index is 3.27. The molecule has 0 atom stereocenters. The summed E-state index contributed by atoms with van der Waals surface area (Å²) >= 11 is 0. The standard InChI is InChI=1S/C11H17N3O2/c1-4-14(2)10-7-8(16-3)5-6-9(10)11(12)13-15/h5-7,15H,4H2,1-3H3,(H2,12,13). The summed E-state index contributed by atoms with van der Waals surface area (Å²) in [5.41, 5.74) is 7.17. The Kier molecular flexibility index (Phi) is 3.99. The first kappa shape index (κ1) is 12.2. The highest BCUT2D eigenvalue weighted by molar-refractivity contribution is 6.02. The van der Waals surface area contributed by atoms with Gasteiger partial charge in [-0.2, -0.15) is 0 Å². The number of ether oxygens (including phenoxy) is 1. The van der Waals surface area contributed by atoms with Crippen LogP contribution in [0.3, 0.4) is 0 Å². The van der Waals surface area contributed by atoms with Crippen molar-refractivity contribution in [3.63, 3.8) is 0 Å². The molecule has 0 aromatic heterocycles. The fraction of sp³-hybridized carbons (Fsp3) is 0.364. The second-order valence-corrected chi connectivity index (χ2v) is 3.38. The smallest absolute Gasteiger partial charge is 0.172 e. The van der Waals surface area contributed by atoms with Gasteiger partial charge in [0.25, 0.3) is 0 Å². The summed E-state index contributed by atoms with van der Waals surface area (Å²) < 4.78 is 5.15. The van der Waals surface area contributed by atoms with Gasteiger partial charge >= 0.3 is 0 Å². The molecule has 0 radical (unpaired) electrons. The molecule has 16 heavy (non-hydrogen) atoms. The number of methoxy groups -OCH3 is 1. The van der Waals surface area contributed by atoms with Crippen LogP contribution >= 0.6 is 0 Å². The topological polar surface area (TPSA) is 71.1 Å². The molecule has 88 valence electrons. The van der Waals surface area contributed by atoms with E-state index in [0.717, 1.165) is 18.0 Å². The van der Waals surface area contributed by atoms with Crippen molar-refractivity contribution < 1.29 is 9.94 Å². The highest BCUT2D eigenvalue weighted by atomic mass is 16.5. The summed E-state index contributed by atoms with van der Waals surface area (Å²) in [5.74, 6) is 0.836. The van der Waals surface area contributed by atoms with Gasteiger partial charge in [0.05, 0.1) is 12.8 Å². The summed E-state index contributed by atoms with van der Waals surface area (Å²) in [6.07, 6.45) is 0. The van der Waals surface area contributed by atoms with E-state index in [0.29, 0.717) is 5.56 Å². The zero-order valence-electron chi connectivity index (χ0n) is 9.77. The molecule has 0 saturated heterocycles. The van der Waals surface area contributed by atoms with Gasteiger partial charge in [-0.15, -0.1) is 0 Å². The highest BCUT2D eigenvalue weighted by Gasteiger charge is 2.11. The van der Waals surface area contributed by atoms with Crippen LogP contribution in [0.15, 0.2) is 23.4 Å². The van der Waals surface area contributed by atoms with Crippen molar-refractivity contribution in [3.05, 3.63) is 23.8 Å². The number of anilines is 1. The van der Waals surface area contributed by atoms with Gasteiger partial charge in [0, 0.05) is 25.2 Å². The van der Waals surface area contributed by atoms with Crippen LogP contribution in [0.4, 0.5) is 5.69 Å². The lowest BCUT2D eigenvalue weighted by Gasteiger charge is -2.20. The number of hydrogen-bond donors (Lipinski definition) is 2. The van der Waals surface area contributed by atoms with Gasteiger partial charge in [0.15, 0.2) is 5.84 Å². The van der Waals surface area contributed by atoms with E-state index in [-0.39, 0.29) is 5.84 Å². The maximum absolute atomic E-state index is 8.71. The van der Waals surface area contributed by atoms with Crippen molar-refractivity contribution in [2.24, 2.45) is 10.9 Å². The minimum absolute atomic E-state index is 0.0953. The molecule has 0 aliphatic heterocycles. The molecule has 0 spiro atoms. The van der Waals surface area contributed by atoms with Crippen molar-refractivity contribution in [3.8, 4) is 5.75 Å². The van der Waals surface area contributed by atoms with Crippen molar-refractivity contribution in [1.29, 1.82) is 0 Å². The summed E-state index contributed by atoms with van der Waals surface area (Å²) in [5, 5.41) is 11.7. The molecule has 1 aromatic carbocycles. The molecule has 0 bridgehead atoms. The van der Waals surface area contributed by atoms with E-state index in [9.17, 15) is 0 Å². The average molecular weight is 223 g/mol. The zero-order valence-corrected chi connectivity index (χ0v) is 9.77. The number of hydrogen-bond acceptors (Lipinski definition) is 4. The van der Waals surface area contributed by atoms with Crippen LogP contribution < -0.4 is 15.4 Å². The monoisotopic (exact) mass is 223 g/mol. The summed E-state index contributed by atoms with van der Waals surface area (Å²) in [4.78, 5) is 2.00. The minimum atomic E-state index is 0.0953. The predicted molar refractivity (Wildman–Crippen MR) is 64.4 cm³/mol. The minimum Gasteiger partial charge on any atom is -0.497 e. The van der Waals surface area contributed by atoms with Gasteiger partial charge < -0.3 is 20.6 Å². The molecule has 1 rings (SSSR count). The van der Waals surface area contributed by atoms with Gasteiger partial charge in [-0.25, -0.2) is 0 Å². The van der Waals surface area contributed by atoms with Crippen LogP contribution in [0.1, 0.15) is 12.5 Å². The zero-order chi connectivity index (χ0) is 12.1. The molecular formula is C11H17N3O2. The molecule has 0 amide bonds. The molecule has 0 unspecified atom stereocenters. The molecule has 0 aliphatic rings. The van der Waals surface area contributed by atoms with Crippen molar-refractivity contribution in [2.45, 2.75) is 6.92 Å². The van der Waals surface area contributed by atoms with Gasteiger partial charge in [-0.1, -0.05) is 5.16 Å². The van der Waals surface area contributed by atoms with Crippen LogP contribution in [-0.4, -0.2) is 31.7 Å². The first-order chi connectivity index (χ1) is 7.63. The molecule has 3 N–H and O–H groups in total. The normalized spacial score (nSPS) is 11.3. The van der Waals surface area contributed by atoms with Crippen LogP contribution in [-0.2, 0) is 0 Å². The fourth-order valence-electron chi connectivity index (χ4n) is 1.40. The Morgan fingerprint density at radius 2 is 2.25 bits per heavy atom. The molecule has 5 nitrogen and oxygen atoms in total. The van der Waals surface area contributed by atoms with Crippen molar-refractivity contribution in [1.82, 2.24) is 0 Å². The molecule has 0 saturated carbocycles. The number of nitrogens with two attached hydrogens (primary N) is 1. The predicted octanol–water partition coefficient (Wildman–Crippen LogP) is 1.25. The third-order valence-corrected chi connectivity index (χ3v) is 2.47. The largest absolute Gasteiger partial charge is 0.497 e. The highest BCUT2D eigenvalue weighted by Crippen LogP contribution is 2.25. The first-order valence-corrected chi connectivity index (χ1v) is 5.01. The van der Waals surface area contributed by atoms with Crippen molar-refractivity contribution >= 4 is 11.5 Å². The Hall–Kier alpha value is -1.91. The second kappa shape index (κ2) is 5.25. The Morgan fingerprint density at radius 1 is 1.56 bits per heavy atom. The van der Waals surface area contributed by atoms with Crippen molar-refractivity contribution in [2.75, 3.05) is 25.6 Å². The van der Waals surface area contributed by atoms with Crippen LogP contribution in [0.5, 0.6) is 5.75 Å². The van der Waals surface area contributed by atoms with Gasteiger partial charge in [0.1, 0.15) is 5.75 Å². The Labute approximate surface area is 95.1 Å². The third-order valence-electron chi connectivity index (χ3n) is 2.47. The van der Waals surface area contributed by atoms with Crippen LogP contribution in [0.2, 0.25) is 0 Å². The Morgan fingerprint density at radius 3 is 2.75 bits per heavy atom. The number of benzene rings is 1. The molecular weight excluding hydrogens is 206 g/mol. The second-order valence-electron chi connectivity index (χ2n) is 3.38. The molecule has 1 aromatic rings. The fourth-order valence-corrected chi connectivity index (χ4v) is 1.40. The Bertz CT molecular complexity index is 391. The summed E-state index contributed by atoms with van der Waals surface area (Å²) in [6, 6.07) is 5.41. The van der Waals surface area contributed by atoms with E-state index in [4.69, 9.17) is 15.7 Å². The SMILES string of the molecule is CCN(C)c1cc(OC)ccc1/C(N)=N/O. The van der Waals surface area contributed by atoms with E-state index in [1.807, 2.05) is 24.9 Å². The van der Waals surface area contributed by atoms with Gasteiger partial charge in [0.2, 0.25) is 0 Å². The third kappa shape index (κ3) is 2.36. The molecule has 0 heterocycles. The van der Waals surface area contributed by atoms with Gasteiger partial charge in [-0.3, -0.25) is 0 Å². The molecule has 0 fully saturated rings. The quantitative estimate of drug-likeness (QED) is 0.349. The molecule has 5 heteroatoms. The first-order valence-electron chi connectivity index (χ1n) is 5.01. The summed E-state index contributed by atoms with van der Waals surface area (Å²) in [6.45, 7) is 2.84. The van der Waals surface area contributed by atoms with Crippen LogP contribution in [0.25, 0.3) is 0 Å². The number of oxime groups is 1. The van der Waals surface area contributed by atoms with E-state index >= 15 is 0 Å². The molecule has 0 aliphatic carbocycles. The number of nitrogens with zero attached hydrogens (tertiary/aromatic N) is 2. The maximum atomic E-state index is 8.71. The van der Waals surface area contributed by atoms with E-state index in [2.05, 4.69) is 5.16 Å². The van der Waals surface area contributed by atoms with E-state index in [1.165, 1.54) is 0 Å². The van der Waals surface area contributed by atoms with Crippen LogP contribution in [0, 0.1) is 0 Å². The summed E-state index contributed by atoms with van der Waals surface area (Å²) in [7, 11) is 3.54. The number of rotatable bonds is 4.